The number of anilines is 2. The molecule has 0 bridgehead atoms. The van der Waals surface area contributed by atoms with Gasteiger partial charge in [0.25, 0.3) is 5.91 Å². The average Bonchev–Trinajstić information content (AvgIpc) is 2.71. The number of carbonyl (C=O) groups excluding carboxylic acids is 1. The van der Waals surface area contributed by atoms with E-state index in [1.807, 2.05) is 12.1 Å². The van der Waals surface area contributed by atoms with Crippen LogP contribution in [0.1, 0.15) is 12.0 Å². The van der Waals surface area contributed by atoms with Crippen LogP contribution >= 0.6 is 11.6 Å². The van der Waals surface area contributed by atoms with Crippen molar-refractivity contribution in [2.24, 2.45) is 0 Å². The van der Waals surface area contributed by atoms with Gasteiger partial charge in [-0.2, -0.15) is 13.2 Å². The number of carbonyl (C=O) groups is 1. The number of alkyl halides is 3. The first kappa shape index (κ1) is 20.3. The molecular weight excluding hydrogens is 417 g/mol. The standard InChI is InChI=1S/C22H18ClF3N2O2/c23-16-6-4-14(5-7-16)12-28-19-11-18(8-9-20(19)30-13-21(28)29)27-17-3-1-2-15(10-17)22(24,25)26/h1-9,11,17,27H,10,12-13H2. The summed E-state index contributed by atoms with van der Waals surface area (Å²) in [5, 5.41) is 3.70. The summed E-state index contributed by atoms with van der Waals surface area (Å²) in [7, 11) is 0. The molecule has 1 aliphatic heterocycles. The molecule has 2 aromatic rings. The number of allylic oxidation sites excluding steroid dienone is 2. The summed E-state index contributed by atoms with van der Waals surface area (Å²) in [4.78, 5) is 14.1. The fourth-order valence-corrected chi connectivity index (χ4v) is 3.57. The van der Waals surface area contributed by atoms with Gasteiger partial charge in [0.1, 0.15) is 5.75 Å². The number of hydrogen-bond donors (Lipinski definition) is 1. The lowest BCUT2D eigenvalue weighted by Crippen LogP contribution is -2.38. The van der Waals surface area contributed by atoms with Gasteiger partial charge in [0.15, 0.2) is 6.61 Å². The van der Waals surface area contributed by atoms with E-state index >= 15 is 0 Å². The van der Waals surface area contributed by atoms with Crippen molar-refractivity contribution in [1.82, 2.24) is 0 Å². The molecule has 0 saturated heterocycles. The van der Waals surface area contributed by atoms with E-state index in [0.717, 1.165) is 11.6 Å². The van der Waals surface area contributed by atoms with Gasteiger partial charge in [-0.1, -0.05) is 42.0 Å². The first-order valence-corrected chi connectivity index (χ1v) is 9.70. The van der Waals surface area contributed by atoms with Crippen molar-refractivity contribution in [2.45, 2.75) is 25.2 Å². The highest BCUT2D eigenvalue weighted by Crippen LogP contribution is 2.37. The minimum atomic E-state index is -4.35. The highest BCUT2D eigenvalue weighted by atomic mass is 35.5. The molecule has 2 aromatic carbocycles. The lowest BCUT2D eigenvalue weighted by atomic mass is 10.00. The third kappa shape index (κ3) is 4.46. The van der Waals surface area contributed by atoms with Gasteiger partial charge >= 0.3 is 6.18 Å². The Hall–Kier alpha value is -2.93. The third-order valence-corrected chi connectivity index (χ3v) is 5.20. The number of halogens is 4. The van der Waals surface area contributed by atoms with Gasteiger partial charge in [-0.15, -0.1) is 0 Å². The van der Waals surface area contributed by atoms with Crippen LogP contribution in [0.15, 0.2) is 66.3 Å². The van der Waals surface area contributed by atoms with Crippen LogP contribution in [0.3, 0.4) is 0 Å². The Balaban J connectivity index is 1.55. The predicted molar refractivity (Wildman–Crippen MR) is 110 cm³/mol. The van der Waals surface area contributed by atoms with E-state index in [4.69, 9.17) is 16.3 Å². The van der Waals surface area contributed by atoms with Gasteiger partial charge in [-0.3, -0.25) is 4.79 Å². The second kappa shape index (κ2) is 8.07. The van der Waals surface area contributed by atoms with E-state index < -0.39 is 17.8 Å². The van der Waals surface area contributed by atoms with Crippen LogP contribution in [0.4, 0.5) is 24.5 Å². The predicted octanol–water partition coefficient (Wildman–Crippen LogP) is 5.49. The second-order valence-electron chi connectivity index (χ2n) is 7.11. The number of ether oxygens (including phenoxy) is 1. The molecule has 4 rings (SSSR count). The summed E-state index contributed by atoms with van der Waals surface area (Å²) in [6.45, 7) is 0.262. The number of nitrogens with zero attached hydrogens (tertiary/aromatic N) is 1. The monoisotopic (exact) mass is 434 g/mol. The Kier molecular flexibility index (Phi) is 5.47. The van der Waals surface area contributed by atoms with Gasteiger partial charge in [0.05, 0.1) is 12.2 Å². The molecule has 1 unspecified atom stereocenters. The van der Waals surface area contributed by atoms with Crippen molar-refractivity contribution in [3.8, 4) is 5.75 Å². The number of benzene rings is 2. The van der Waals surface area contributed by atoms with Crippen molar-refractivity contribution < 1.29 is 22.7 Å². The molecule has 2 aliphatic rings. The van der Waals surface area contributed by atoms with Crippen LogP contribution < -0.4 is 15.0 Å². The summed E-state index contributed by atoms with van der Waals surface area (Å²) in [5.41, 5.74) is 1.49. The molecule has 0 spiro atoms. The number of rotatable bonds is 4. The zero-order chi connectivity index (χ0) is 21.3. The fourth-order valence-electron chi connectivity index (χ4n) is 3.44. The smallest absolute Gasteiger partial charge is 0.412 e. The molecule has 1 aliphatic carbocycles. The van der Waals surface area contributed by atoms with Gasteiger partial charge in [0.2, 0.25) is 0 Å². The molecular formula is C22H18ClF3N2O2. The van der Waals surface area contributed by atoms with Crippen LogP contribution in [0.5, 0.6) is 5.75 Å². The zero-order valence-corrected chi connectivity index (χ0v) is 16.5. The third-order valence-electron chi connectivity index (χ3n) is 4.95. The first-order valence-electron chi connectivity index (χ1n) is 9.32. The topological polar surface area (TPSA) is 41.6 Å². The Labute approximate surface area is 176 Å². The molecule has 0 aromatic heterocycles. The molecule has 1 atom stereocenters. The molecule has 4 nitrogen and oxygen atoms in total. The van der Waals surface area contributed by atoms with Gasteiger partial charge in [-0.25, -0.2) is 0 Å². The second-order valence-corrected chi connectivity index (χ2v) is 7.54. The van der Waals surface area contributed by atoms with E-state index in [1.165, 1.54) is 6.08 Å². The van der Waals surface area contributed by atoms with E-state index in [2.05, 4.69) is 5.32 Å². The maximum Gasteiger partial charge on any atom is 0.412 e. The average molecular weight is 435 g/mol. The summed E-state index contributed by atoms with van der Waals surface area (Å²) < 4.78 is 44.5. The Morgan fingerprint density at radius 2 is 1.93 bits per heavy atom. The number of fused-ring (bicyclic) bond motifs is 1. The zero-order valence-electron chi connectivity index (χ0n) is 15.7. The Bertz CT molecular complexity index is 1020. The molecule has 30 heavy (non-hydrogen) atoms. The minimum absolute atomic E-state index is 0.0710. The molecule has 1 heterocycles. The number of hydrogen-bond acceptors (Lipinski definition) is 3. The molecule has 0 saturated carbocycles. The Morgan fingerprint density at radius 3 is 2.67 bits per heavy atom. The molecule has 0 radical (unpaired) electrons. The first-order chi connectivity index (χ1) is 14.3. The van der Waals surface area contributed by atoms with Crippen LogP contribution in [0.2, 0.25) is 5.02 Å². The quantitative estimate of drug-likeness (QED) is 0.691. The van der Waals surface area contributed by atoms with E-state index in [9.17, 15) is 18.0 Å². The van der Waals surface area contributed by atoms with E-state index in [1.54, 1.807) is 41.3 Å². The molecule has 1 N–H and O–H groups in total. The SMILES string of the molecule is O=C1COc2ccc(NC3C=CC=C(C(F)(F)F)C3)cc2N1Cc1ccc(Cl)cc1. The summed E-state index contributed by atoms with van der Waals surface area (Å²) in [6, 6.07) is 11.8. The van der Waals surface area contributed by atoms with E-state index in [0.29, 0.717) is 28.7 Å². The Morgan fingerprint density at radius 1 is 1.17 bits per heavy atom. The van der Waals surface area contributed by atoms with Crippen LogP contribution in [0, 0.1) is 0 Å². The van der Waals surface area contributed by atoms with Crippen molar-refractivity contribution >= 4 is 28.9 Å². The van der Waals surface area contributed by atoms with Crippen LogP contribution in [-0.2, 0) is 11.3 Å². The largest absolute Gasteiger partial charge is 0.482 e. The van der Waals surface area contributed by atoms with Crippen LogP contribution in [0.25, 0.3) is 0 Å². The summed E-state index contributed by atoms with van der Waals surface area (Å²) in [5.74, 6) is 0.346. The number of nitrogens with one attached hydrogen (secondary N) is 1. The molecule has 1 amide bonds. The maximum absolute atomic E-state index is 13.0. The fraction of sp³-hybridized carbons (Fsp3) is 0.227. The van der Waals surface area contributed by atoms with Crippen molar-refractivity contribution in [2.75, 3.05) is 16.8 Å². The van der Waals surface area contributed by atoms with E-state index in [-0.39, 0.29) is 18.9 Å². The lowest BCUT2D eigenvalue weighted by Gasteiger charge is -2.30. The molecule has 156 valence electrons. The molecule has 0 fully saturated rings. The lowest BCUT2D eigenvalue weighted by molar-refractivity contribution is -0.121. The van der Waals surface area contributed by atoms with Crippen molar-refractivity contribution in [1.29, 1.82) is 0 Å². The van der Waals surface area contributed by atoms with Gasteiger partial charge in [-0.05, 0) is 35.9 Å². The van der Waals surface area contributed by atoms with Gasteiger partial charge in [0, 0.05) is 28.7 Å². The summed E-state index contributed by atoms with van der Waals surface area (Å²) in [6.07, 6.45) is -0.341. The minimum Gasteiger partial charge on any atom is -0.482 e. The normalized spacial score (nSPS) is 18.5. The number of amides is 1. The highest BCUT2D eigenvalue weighted by Gasteiger charge is 2.35. The summed E-state index contributed by atoms with van der Waals surface area (Å²) >= 11 is 5.93. The van der Waals surface area contributed by atoms with Crippen LogP contribution in [-0.4, -0.2) is 24.7 Å². The maximum atomic E-state index is 13.0. The molecule has 8 heteroatoms. The van der Waals surface area contributed by atoms with Crippen molar-refractivity contribution in [3.05, 3.63) is 76.9 Å². The van der Waals surface area contributed by atoms with Crippen molar-refractivity contribution in [3.63, 3.8) is 0 Å². The highest BCUT2D eigenvalue weighted by molar-refractivity contribution is 6.30. The van der Waals surface area contributed by atoms with Gasteiger partial charge < -0.3 is 15.0 Å².